The molecule has 0 heterocycles. The maximum Gasteiger partial charge on any atom is 0.258 e. The highest BCUT2D eigenvalue weighted by molar-refractivity contribution is 6.32. The Hall–Kier alpha value is -1.46. The van der Waals surface area contributed by atoms with Crippen LogP contribution in [0.25, 0.3) is 0 Å². The summed E-state index contributed by atoms with van der Waals surface area (Å²) in [5.41, 5.74) is 6.38. The summed E-state index contributed by atoms with van der Waals surface area (Å²) in [5.74, 6) is 0.599. The summed E-state index contributed by atoms with van der Waals surface area (Å²) < 4.78 is 10.6. The Balaban J connectivity index is 2.80. The van der Waals surface area contributed by atoms with Crippen molar-refractivity contribution in [2.45, 2.75) is 26.4 Å². The number of nitrogens with one attached hydrogen (secondary N) is 1. The average molecular weight is 287 g/mol. The van der Waals surface area contributed by atoms with Crippen molar-refractivity contribution in [3.05, 3.63) is 22.7 Å². The molecule has 0 bridgehead atoms. The highest BCUT2D eigenvalue weighted by atomic mass is 35.5. The lowest BCUT2D eigenvalue weighted by atomic mass is 10.2. The maximum absolute atomic E-state index is 11.5. The molecule has 0 fully saturated rings. The number of hydrogen-bond acceptors (Lipinski definition) is 4. The predicted octanol–water partition coefficient (Wildman–Crippen LogP) is 1.71. The quantitative estimate of drug-likeness (QED) is 0.835. The number of halogens is 1. The fraction of sp³-hybridized carbons (Fsp3) is 0.462. The highest BCUT2D eigenvalue weighted by Gasteiger charge is 2.13. The Morgan fingerprint density at radius 1 is 1.47 bits per heavy atom. The van der Waals surface area contributed by atoms with E-state index in [-0.39, 0.29) is 18.6 Å². The normalized spacial score (nSPS) is 10.4. The van der Waals surface area contributed by atoms with Gasteiger partial charge in [0, 0.05) is 12.6 Å². The number of amides is 1. The van der Waals surface area contributed by atoms with Crippen LogP contribution in [-0.2, 0) is 11.3 Å². The van der Waals surface area contributed by atoms with Gasteiger partial charge in [-0.05, 0) is 31.5 Å². The van der Waals surface area contributed by atoms with Gasteiger partial charge in [-0.3, -0.25) is 4.79 Å². The van der Waals surface area contributed by atoms with Crippen molar-refractivity contribution in [3.8, 4) is 11.5 Å². The third-order valence-electron chi connectivity index (χ3n) is 2.32. The van der Waals surface area contributed by atoms with Crippen molar-refractivity contribution >= 4 is 17.5 Å². The van der Waals surface area contributed by atoms with E-state index in [9.17, 15) is 4.79 Å². The second-order valence-corrected chi connectivity index (χ2v) is 4.73. The molecule has 0 aliphatic heterocycles. The average Bonchev–Trinajstić information content (AvgIpc) is 2.35. The zero-order valence-electron chi connectivity index (χ0n) is 11.3. The summed E-state index contributed by atoms with van der Waals surface area (Å²) in [6, 6.07) is 3.49. The van der Waals surface area contributed by atoms with Crippen molar-refractivity contribution in [1.82, 2.24) is 5.32 Å². The molecule has 0 radical (unpaired) electrons. The number of benzene rings is 1. The molecule has 0 aromatic heterocycles. The van der Waals surface area contributed by atoms with E-state index in [1.54, 1.807) is 12.1 Å². The topological polar surface area (TPSA) is 73.6 Å². The van der Waals surface area contributed by atoms with E-state index in [2.05, 4.69) is 5.32 Å². The van der Waals surface area contributed by atoms with Crippen molar-refractivity contribution in [1.29, 1.82) is 0 Å². The van der Waals surface area contributed by atoms with E-state index >= 15 is 0 Å². The summed E-state index contributed by atoms with van der Waals surface area (Å²) in [7, 11) is 1.51. The van der Waals surface area contributed by atoms with Gasteiger partial charge in [-0.25, -0.2) is 0 Å². The van der Waals surface area contributed by atoms with E-state index in [0.29, 0.717) is 23.1 Å². The molecule has 1 rings (SSSR count). The summed E-state index contributed by atoms with van der Waals surface area (Å²) in [6.07, 6.45) is 0. The van der Waals surface area contributed by atoms with E-state index in [0.717, 1.165) is 5.56 Å². The first kappa shape index (κ1) is 15.6. The molecule has 0 saturated heterocycles. The number of carbonyl (C=O) groups excluding carboxylic acids is 1. The van der Waals surface area contributed by atoms with Crippen LogP contribution in [0.15, 0.2) is 12.1 Å². The molecule has 0 saturated carbocycles. The summed E-state index contributed by atoms with van der Waals surface area (Å²) >= 11 is 6.09. The van der Waals surface area contributed by atoms with Crippen LogP contribution in [0.3, 0.4) is 0 Å². The predicted molar refractivity (Wildman–Crippen MR) is 74.7 cm³/mol. The molecule has 0 spiro atoms. The molecule has 0 aliphatic carbocycles. The number of carbonyl (C=O) groups is 1. The van der Waals surface area contributed by atoms with Gasteiger partial charge in [0.15, 0.2) is 18.1 Å². The molecule has 6 heteroatoms. The molecule has 0 unspecified atom stereocenters. The fourth-order valence-corrected chi connectivity index (χ4v) is 1.82. The zero-order chi connectivity index (χ0) is 14.4. The van der Waals surface area contributed by atoms with E-state index in [1.165, 1.54) is 7.11 Å². The summed E-state index contributed by atoms with van der Waals surface area (Å²) in [4.78, 5) is 11.5. The molecular weight excluding hydrogens is 268 g/mol. The van der Waals surface area contributed by atoms with Gasteiger partial charge in [0.2, 0.25) is 0 Å². The lowest BCUT2D eigenvalue weighted by Crippen LogP contribution is -2.34. The van der Waals surface area contributed by atoms with Crippen LogP contribution >= 0.6 is 11.6 Å². The van der Waals surface area contributed by atoms with Gasteiger partial charge in [0.1, 0.15) is 0 Å². The number of nitrogens with two attached hydrogens (primary N) is 1. The minimum atomic E-state index is -0.212. The van der Waals surface area contributed by atoms with Crippen LogP contribution in [-0.4, -0.2) is 25.7 Å². The van der Waals surface area contributed by atoms with Crippen LogP contribution in [0.2, 0.25) is 5.02 Å². The first-order valence-electron chi connectivity index (χ1n) is 5.96. The van der Waals surface area contributed by atoms with Crippen LogP contribution in [0.5, 0.6) is 11.5 Å². The molecule has 19 heavy (non-hydrogen) atoms. The van der Waals surface area contributed by atoms with E-state index in [4.69, 9.17) is 26.8 Å². The second-order valence-electron chi connectivity index (χ2n) is 4.32. The molecule has 5 nitrogen and oxygen atoms in total. The van der Waals surface area contributed by atoms with Crippen LogP contribution in [0.1, 0.15) is 19.4 Å². The molecule has 1 aromatic rings. The number of ether oxygens (including phenoxy) is 2. The minimum absolute atomic E-state index is 0.0630. The van der Waals surface area contributed by atoms with Gasteiger partial charge in [-0.1, -0.05) is 11.6 Å². The van der Waals surface area contributed by atoms with Crippen LogP contribution in [0.4, 0.5) is 0 Å². The van der Waals surface area contributed by atoms with Crippen LogP contribution in [0, 0.1) is 0 Å². The molecule has 0 atom stereocenters. The number of methoxy groups -OCH3 is 1. The van der Waals surface area contributed by atoms with Gasteiger partial charge < -0.3 is 20.5 Å². The lowest BCUT2D eigenvalue weighted by molar-refractivity contribution is -0.123. The Morgan fingerprint density at radius 2 is 2.16 bits per heavy atom. The van der Waals surface area contributed by atoms with Gasteiger partial charge in [0.25, 0.3) is 5.91 Å². The third kappa shape index (κ3) is 4.61. The lowest BCUT2D eigenvalue weighted by Gasteiger charge is -2.14. The van der Waals surface area contributed by atoms with Crippen molar-refractivity contribution in [3.63, 3.8) is 0 Å². The molecule has 1 amide bonds. The highest BCUT2D eigenvalue weighted by Crippen LogP contribution is 2.36. The molecule has 0 aliphatic rings. The van der Waals surface area contributed by atoms with E-state index < -0.39 is 0 Å². The monoisotopic (exact) mass is 286 g/mol. The van der Waals surface area contributed by atoms with Crippen molar-refractivity contribution in [2.24, 2.45) is 5.73 Å². The molecule has 3 N–H and O–H groups in total. The zero-order valence-corrected chi connectivity index (χ0v) is 12.1. The largest absolute Gasteiger partial charge is 0.493 e. The van der Waals surface area contributed by atoms with Gasteiger partial charge in [0.05, 0.1) is 12.1 Å². The SMILES string of the molecule is COc1cc(CN)cc(Cl)c1OCC(=O)NC(C)C. The third-order valence-corrected chi connectivity index (χ3v) is 2.60. The Kier molecular flexibility index (Phi) is 5.92. The van der Waals surface area contributed by atoms with Crippen LogP contribution < -0.4 is 20.5 Å². The van der Waals surface area contributed by atoms with E-state index in [1.807, 2.05) is 13.8 Å². The summed E-state index contributed by atoms with van der Waals surface area (Å²) in [5, 5.41) is 3.10. The van der Waals surface area contributed by atoms with Gasteiger partial charge in [-0.15, -0.1) is 0 Å². The molecule has 1 aromatic carbocycles. The molecular formula is C13H19ClN2O3. The van der Waals surface area contributed by atoms with Gasteiger partial charge >= 0.3 is 0 Å². The Morgan fingerprint density at radius 3 is 2.68 bits per heavy atom. The second kappa shape index (κ2) is 7.21. The van der Waals surface area contributed by atoms with Gasteiger partial charge in [-0.2, -0.15) is 0 Å². The minimum Gasteiger partial charge on any atom is -0.493 e. The standard InChI is InChI=1S/C13H19ClN2O3/c1-8(2)16-12(17)7-19-13-10(14)4-9(6-15)5-11(13)18-3/h4-5,8H,6-7,15H2,1-3H3,(H,16,17). The first-order valence-corrected chi connectivity index (χ1v) is 6.34. The number of hydrogen-bond donors (Lipinski definition) is 2. The fourth-order valence-electron chi connectivity index (χ4n) is 1.53. The Labute approximate surface area is 118 Å². The smallest absolute Gasteiger partial charge is 0.258 e. The molecule has 106 valence electrons. The number of rotatable bonds is 6. The summed E-state index contributed by atoms with van der Waals surface area (Å²) in [6.45, 7) is 3.99. The maximum atomic E-state index is 11.5. The Bertz CT molecular complexity index is 450. The van der Waals surface area contributed by atoms with Crippen molar-refractivity contribution < 1.29 is 14.3 Å². The first-order chi connectivity index (χ1) is 8.97. The van der Waals surface area contributed by atoms with Crippen molar-refractivity contribution in [2.75, 3.05) is 13.7 Å².